The van der Waals surface area contributed by atoms with E-state index in [0.717, 1.165) is 19.3 Å². The Bertz CT molecular complexity index is 1940. The highest BCUT2D eigenvalue weighted by Gasteiger charge is 2.46. The fourth-order valence-electron chi connectivity index (χ4n) is 10.6. The summed E-state index contributed by atoms with van der Waals surface area (Å²) in [6.45, 7) is 7.05. The molecule has 0 aromatic rings. The summed E-state index contributed by atoms with van der Waals surface area (Å²) >= 11 is 0. The Morgan fingerprint density at radius 2 is 1.04 bits per heavy atom. The molecule has 8 unspecified atom stereocenters. The van der Waals surface area contributed by atoms with E-state index in [1.54, 1.807) is 39.0 Å². The summed E-state index contributed by atoms with van der Waals surface area (Å²) < 4.78 is 0. The Morgan fingerprint density at radius 3 is 1.67 bits per heavy atom. The molecule has 8 atom stereocenters. The van der Waals surface area contributed by atoms with E-state index in [4.69, 9.17) is 0 Å². The molecule has 0 saturated heterocycles. The maximum Gasteiger partial charge on any atom is 0.00988 e. The van der Waals surface area contributed by atoms with Crippen LogP contribution in [0.5, 0.6) is 0 Å². The third-order valence-corrected chi connectivity index (χ3v) is 12.9. The first-order valence-electron chi connectivity index (χ1n) is 17.9. The molecule has 0 saturated carbocycles. The van der Waals surface area contributed by atoms with Gasteiger partial charge in [-0.15, -0.1) is 0 Å². The van der Waals surface area contributed by atoms with Crippen molar-refractivity contribution in [2.75, 3.05) is 0 Å². The third-order valence-electron chi connectivity index (χ3n) is 12.9. The highest BCUT2D eigenvalue weighted by Crippen LogP contribution is 2.56. The van der Waals surface area contributed by atoms with Gasteiger partial charge in [0.15, 0.2) is 0 Å². The zero-order chi connectivity index (χ0) is 30.7. The van der Waals surface area contributed by atoms with Crippen molar-refractivity contribution >= 4 is 0 Å². The standard InChI is InChI=1S/C46H44/c1-46(2,3)37-25-35-14-9-30-16-20-39(41-22-18-36(26-37)43(35)45(30)41)34-13-11-31-23-33(12-10-32(31)24-34)38-19-15-29-8-7-27-5-4-6-28-17-21-40(38)44(29)42(27)28/h4-9,14-27,35,40-45H,10-13H2,1-3H3. The van der Waals surface area contributed by atoms with Crippen LogP contribution in [0.4, 0.5) is 0 Å². The SMILES string of the molecule is CC(C)(C)C1=CC2C=CC3=CC=C(C4=CC5=C(C=C(C6=CC=C7C=CC8C=CC=C9C=CC6C7C98)CC5)CC4)C4C=CC(=C1)C2C34. The summed E-state index contributed by atoms with van der Waals surface area (Å²) in [6, 6.07) is 0. The first-order chi connectivity index (χ1) is 22.4. The van der Waals surface area contributed by atoms with Crippen molar-refractivity contribution in [3.8, 4) is 0 Å². The molecule has 46 heavy (non-hydrogen) atoms. The van der Waals surface area contributed by atoms with Crippen LogP contribution in [-0.2, 0) is 0 Å². The van der Waals surface area contributed by atoms with E-state index in [-0.39, 0.29) is 5.41 Å². The van der Waals surface area contributed by atoms with Crippen LogP contribution in [0.15, 0.2) is 177 Å². The van der Waals surface area contributed by atoms with E-state index in [1.165, 1.54) is 28.7 Å². The van der Waals surface area contributed by atoms with E-state index in [1.807, 2.05) is 0 Å². The summed E-state index contributed by atoms with van der Waals surface area (Å²) in [6.07, 6.45) is 51.6. The van der Waals surface area contributed by atoms with Gasteiger partial charge in [0, 0.05) is 47.3 Å². The van der Waals surface area contributed by atoms with Crippen LogP contribution >= 0.6 is 0 Å². The average molecular weight is 597 g/mol. The van der Waals surface area contributed by atoms with Crippen LogP contribution in [0.25, 0.3) is 0 Å². The lowest BCUT2D eigenvalue weighted by Gasteiger charge is -2.47. The molecule has 0 nitrogen and oxygen atoms in total. The molecule has 0 heterocycles. The average Bonchev–Trinajstić information content (AvgIpc) is 3.08. The summed E-state index contributed by atoms with van der Waals surface area (Å²) in [5.41, 5.74) is 17.3. The van der Waals surface area contributed by atoms with Gasteiger partial charge in [-0.1, -0.05) is 136 Å². The molecule has 0 heteroatoms. The van der Waals surface area contributed by atoms with Gasteiger partial charge in [0.1, 0.15) is 0 Å². The largest absolute Gasteiger partial charge is 0.0770 e. The summed E-state index contributed by atoms with van der Waals surface area (Å²) in [7, 11) is 0. The van der Waals surface area contributed by atoms with Crippen LogP contribution in [0.1, 0.15) is 46.5 Å². The quantitative estimate of drug-likeness (QED) is 0.297. The van der Waals surface area contributed by atoms with Gasteiger partial charge in [0.05, 0.1) is 0 Å². The lowest BCUT2D eigenvalue weighted by molar-refractivity contribution is 0.310. The minimum atomic E-state index is 0.182. The van der Waals surface area contributed by atoms with Gasteiger partial charge in [-0.2, -0.15) is 0 Å². The second kappa shape index (κ2) is 9.80. The van der Waals surface area contributed by atoms with Crippen molar-refractivity contribution in [2.24, 2.45) is 52.8 Å². The maximum absolute atomic E-state index is 2.61. The van der Waals surface area contributed by atoms with Gasteiger partial charge in [-0.05, 0) is 92.4 Å². The number of hydrogen-bond acceptors (Lipinski definition) is 0. The van der Waals surface area contributed by atoms with Crippen LogP contribution in [0, 0.1) is 52.8 Å². The molecule has 0 N–H and O–H groups in total. The summed E-state index contributed by atoms with van der Waals surface area (Å²) in [5.74, 6) is 4.32. The highest BCUT2D eigenvalue weighted by molar-refractivity contribution is 5.60. The van der Waals surface area contributed by atoms with Gasteiger partial charge in [-0.25, -0.2) is 0 Å². The molecule has 10 aliphatic rings. The van der Waals surface area contributed by atoms with Crippen molar-refractivity contribution in [3.63, 3.8) is 0 Å². The molecular weight excluding hydrogens is 553 g/mol. The van der Waals surface area contributed by atoms with E-state index in [9.17, 15) is 0 Å². The molecule has 228 valence electrons. The number of rotatable bonds is 2. The zero-order valence-electron chi connectivity index (χ0n) is 27.4. The van der Waals surface area contributed by atoms with E-state index in [2.05, 4.69) is 136 Å². The van der Waals surface area contributed by atoms with Gasteiger partial charge < -0.3 is 0 Å². The normalized spacial score (nSPS) is 37.3. The van der Waals surface area contributed by atoms with Gasteiger partial charge in [0.2, 0.25) is 0 Å². The molecule has 0 aromatic heterocycles. The molecule has 10 aliphatic carbocycles. The number of hydrogen-bond donors (Lipinski definition) is 0. The van der Waals surface area contributed by atoms with Gasteiger partial charge >= 0.3 is 0 Å². The van der Waals surface area contributed by atoms with Crippen molar-refractivity contribution in [3.05, 3.63) is 177 Å². The lowest BCUT2D eigenvalue weighted by atomic mass is 9.56. The minimum absolute atomic E-state index is 0.182. The maximum atomic E-state index is 2.61. The van der Waals surface area contributed by atoms with E-state index in [0.29, 0.717) is 47.3 Å². The van der Waals surface area contributed by atoms with E-state index < -0.39 is 0 Å². The molecule has 0 aliphatic heterocycles. The summed E-state index contributed by atoms with van der Waals surface area (Å²) in [5, 5.41) is 0. The second-order valence-corrected chi connectivity index (χ2v) is 16.3. The lowest BCUT2D eigenvalue weighted by Crippen LogP contribution is -2.38. The molecule has 0 amide bonds. The Balaban J connectivity index is 0.962. The van der Waals surface area contributed by atoms with Crippen LogP contribution in [-0.4, -0.2) is 0 Å². The minimum Gasteiger partial charge on any atom is -0.0770 e. The first-order valence-corrected chi connectivity index (χ1v) is 17.9. The van der Waals surface area contributed by atoms with Gasteiger partial charge in [-0.3, -0.25) is 0 Å². The van der Waals surface area contributed by atoms with Crippen LogP contribution in [0.2, 0.25) is 0 Å². The Labute approximate surface area is 275 Å². The first kappa shape index (κ1) is 27.2. The predicted molar refractivity (Wildman–Crippen MR) is 191 cm³/mol. The third kappa shape index (κ3) is 3.98. The molecule has 0 aromatic carbocycles. The fourth-order valence-corrected chi connectivity index (χ4v) is 10.6. The second-order valence-electron chi connectivity index (χ2n) is 16.3. The van der Waals surface area contributed by atoms with Crippen molar-refractivity contribution in [1.82, 2.24) is 0 Å². The predicted octanol–water partition coefficient (Wildman–Crippen LogP) is 11.1. The molecular formula is C46H44. The van der Waals surface area contributed by atoms with Crippen molar-refractivity contribution in [1.29, 1.82) is 0 Å². The Kier molecular flexibility index (Phi) is 5.81. The van der Waals surface area contributed by atoms with Crippen LogP contribution in [0.3, 0.4) is 0 Å². The molecule has 0 fully saturated rings. The molecule has 0 spiro atoms. The zero-order valence-corrected chi connectivity index (χ0v) is 27.4. The molecule has 10 rings (SSSR count). The van der Waals surface area contributed by atoms with Crippen molar-refractivity contribution < 1.29 is 0 Å². The number of allylic oxidation sites excluding steroid dienone is 30. The van der Waals surface area contributed by atoms with E-state index >= 15 is 0 Å². The monoisotopic (exact) mass is 596 g/mol. The highest BCUT2D eigenvalue weighted by atomic mass is 14.5. The fraction of sp³-hybridized carbons (Fsp3) is 0.348. The van der Waals surface area contributed by atoms with Crippen LogP contribution < -0.4 is 0 Å². The smallest absolute Gasteiger partial charge is 0.00988 e. The summed E-state index contributed by atoms with van der Waals surface area (Å²) in [4.78, 5) is 0. The topological polar surface area (TPSA) is 0 Å². The van der Waals surface area contributed by atoms with Gasteiger partial charge in [0.25, 0.3) is 0 Å². The molecule has 0 bridgehead atoms. The van der Waals surface area contributed by atoms with Crippen molar-refractivity contribution in [2.45, 2.75) is 46.5 Å². The Morgan fingerprint density at radius 1 is 0.500 bits per heavy atom. The molecule has 0 radical (unpaired) electrons. The Hall–Kier alpha value is -3.90.